The second kappa shape index (κ2) is 5.85. The molecule has 5 heteroatoms. The third-order valence-corrected chi connectivity index (χ3v) is 3.22. The van der Waals surface area contributed by atoms with Gasteiger partial charge in [0.25, 0.3) is 0 Å². The molecule has 108 valence electrons. The van der Waals surface area contributed by atoms with Crippen LogP contribution in [0.3, 0.4) is 0 Å². The first-order valence-electron chi connectivity index (χ1n) is 6.52. The molecular formula is C16H15NO4. The number of ether oxygens (including phenoxy) is 2. The number of benzene rings is 1. The molecule has 0 bridgehead atoms. The van der Waals surface area contributed by atoms with Crippen LogP contribution in [-0.4, -0.2) is 24.0 Å². The van der Waals surface area contributed by atoms with Gasteiger partial charge in [0.1, 0.15) is 5.58 Å². The molecule has 1 N–H and O–H groups in total. The number of pyridine rings is 1. The summed E-state index contributed by atoms with van der Waals surface area (Å²) in [4.78, 5) is 4.11. The Morgan fingerprint density at radius 2 is 2.24 bits per heavy atom. The van der Waals surface area contributed by atoms with Gasteiger partial charge in [0.05, 0.1) is 6.26 Å². The van der Waals surface area contributed by atoms with Gasteiger partial charge >= 0.3 is 0 Å². The first-order chi connectivity index (χ1) is 10.3. The third-order valence-electron chi connectivity index (χ3n) is 3.22. The van der Waals surface area contributed by atoms with Crippen molar-refractivity contribution in [2.24, 2.45) is 0 Å². The van der Waals surface area contributed by atoms with Crippen LogP contribution in [-0.2, 0) is 11.2 Å². The summed E-state index contributed by atoms with van der Waals surface area (Å²) in [5.41, 5.74) is 2.49. The van der Waals surface area contributed by atoms with Crippen molar-refractivity contribution >= 4 is 11.0 Å². The third kappa shape index (κ3) is 2.68. The maximum Gasteiger partial charge on any atom is 0.188 e. The Labute approximate surface area is 121 Å². The Balaban J connectivity index is 2.10. The molecule has 2 aromatic heterocycles. The minimum Gasteiger partial charge on any atom is -0.504 e. The van der Waals surface area contributed by atoms with Gasteiger partial charge < -0.3 is 19.0 Å². The molecule has 0 radical (unpaired) electrons. The van der Waals surface area contributed by atoms with E-state index in [1.807, 2.05) is 18.2 Å². The number of aromatic hydroxyl groups is 1. The van der Waals surface area contributed by atoms with Crippen LogP contribution in [0.15, 0.2) is 47.3 Å². The van der Waals surface area contributed by atoms with Crippen LogP contribution in [0.5, 0.6) is 11.5 Å². The summed E-state index contributed by atoms with van der Waals surface area (Å²) >= 11 is 0. The highest BCUT2D eigenvalue weighted by molar-refractivity contribution is 5.86. The standard InChI is InChI=1S/C16H15NO4/c1-19-10-21-16-13(7-11-3-2-5-17-9-11)12-4-6-20-15(12)8-14(16)18/h2-6,8-9,18H,7,10H2,1H3. The van der Waals surface area contributed by atoms with Crippen LogP contribution in [0, 0.1) is 0 Å². The summed E-state index contributed by atoms with van der Waals surface area (Å²) < 4.78 is 15.8. The molecule has 3 rings (SSSR count). The van der Waals surface area contributed by atoms with Gasteiger partial charge in [-0.3, -0.25) is 4.98 Å². The molecule has 5 nitrogen and oxygen atoms in total. The molecule has 0 spiro atoms. The van der Waals surface area contributed by atoms with Crippen molar-refractivity contribution in [2.45, 2.75) is 6.42 Å². The number of phenolic OH excluding ortho intramolecular Hbond substituents is 1. The van der Waals surface area contributed by atoms with Crippen molar-refractivity contribution in [2.75, 3.05) is 13.9 Å². The predicted octanol–water partition coefficient (Wildman–Crippen LogP) is 3.11. The first-order valence-corrected chi connectivity index (χ1v) is 6.52. The maximum absolute atomic E-state index is 10.2. The Morgan fingerprint density at radius 1 is 1.33 bits per heavy atom. The molecule has 0 amide bonds. The van der Waals surface area contributed by atoms with Crippen LogP contribution in [0.25, 0.3) is 11.0 Å². The van der Waals surface area contributed by atoms with Gasteiger partial charge in [-0.25, -0.2) is 0 Å². The lowest BCUT2D eigenvalue weighted by atomic mass is 10.0. The molecule has 0 aliphatic carbocycles. The van der Waals surface area contributed by atoms with Gasteiger partial charge in [-0.2, -0.15) is 0 Å². The Hall–Kier alpha value is -2.53. The minimum atomic E-state index is 0.0355. The zero-order valence-corrected chi connectivity index (χ0v) is 11.6. The van der Waals surface area contributed by atoms with Crippen molar-refractivity contribution in [1.82, 2.24) is 4.98 Å². The summed E-state index contributed by atoms with van der Waals surface area (Å²) in [6.07, 6.45) is 5.69. The molecule has 0 fully saturated rings. The zero-order chi connectivity index (χ0) is 14.7. The van der Waals surface area contributed by atoms with Gasteiger partial charge in [0, 0.05) is 42.9 Å². The number of fused-ring (bicyclic) bond motifs is 1. The molecular weight excluding hydrogens is 270 g/mol. The highest BCUT2D eigenvalue weighted by atomic mass is 16.7. The van der Waals surface area contributed by atoms with E-state index in [-0.39, 0.29) is 12.5 Å². The van der Waals surface area contributed by atoms with Gasteiger partial charge in [-0.1, -0.05) is 6.07 Å². The fourth-order valence-corrected chi connectivity index (χ4v) is 2.31. The average molecular weight is 285 g/mol. The number of methoxy groups -OCH3 is 1. The van der Waals surface area contributed by atoms with Gasteiger partial charge in [0.15, 0.2) is 18.3 Å². The second-order valence-corrected chi connectivity index (χ2v) is 4.62. The Kier molecular flexibility index (Phi) is 3.75. The van der Waals surface area contributed by atoms with E-state index in [0.29, 0.717) is 17.8 Å². The molecule has 0 aliphatic heterocycles. The van der Waals surface area contributed by atoms with Gasteiger partial charge in [0.2, 0.25) is 0 Å². The van der Waals surface area contributed by atoms with Crippen molar-refractivity contribution < 1.29 is 19.0 Å². The highest BCUT2D eigenvalue weighted by Gasteiger charge is 2.17. The van der Waals surface area contributed by atoms with E-state index in [0.717, 1.165) is 16.5 Å². The number of hydrogen-bond acceptors (Lipinski definition) is 5. The molecule has 0 atom stereocenters. The number of aromatic nitrogens is 1. The monoisotopic (exact) mass is 285 g/mol. The zero-order valence-electron chi connectivity index (χ0n) is 11.6. The Bertz CT molecular complexity index is 737. The lowest BCUT2D eigenvalue weighted by Crippen LogP contribution is -2.03. The second-order valence-electron chi connectivity index (χ2n) is 4.62. The Morgan fingerprint density at radius 3 is 3.00 bits per heavy atom. The topological polar surface area (TPSA) is 64.7 Å². The lowest BCUT2D eigenvalue weighted by molar-refractivity contribution is 0.0487. The van der Waals surface area contributed by atoms with E-state index in [9.17, 15) is 5.11 Å². The predicted molar refractivity (Wildman–Crippen MR) is 77.4 cm³/mol. The number of phenols is 1. The summed E-state index contributed by atoms with van der Waals surface area (Å²) in [6, 6.07) is 7.26. The summed E-state index contributed by atoms with van der Waals surface area (Å²) in [5, 5.41) is 11.1. The van der Waals surface area contributed by atoms with E-state index in [1.54, 1.807) is 24.7 Å². The van der Waals surface area contributed by atoms with E-state index in [1.165, 1.54) is 7.11 Å². The first kappa shape index (κ1) is 13.5. The van der Waals surface area contributed by atoms with Gasteiger partial charge in [-0.15, -0.1) is 0 Å². The number of furan rings is 1. The van der Waals surface area contributed by atoms with E-state index < -0.39 is 0 Å². The molecule has 0 aliphatic rings. The van der Waals surface area contributed by atoms with Crippen LogP contribution in [0.4, 0.5) is 0 Å². The summed E-state index contributed by atoms with van der Waals surface area (Å²) in [7, 11) is 1.54. The lowest BCUT2D eigenvalue weighted by Gasteiger charge is -2.13. The molecule has 0 saturated heterocycles. The summed E-state index contributed by atoms with van der Waals surface area (Å²) in [6.45, 7) is 0.0664. The van der Waals surface area contributed by atoms with Crippen LogP contribution < -0.4 is 4.74 Å². The minimum absolute atomic E-state index is 0.0355. The molecule has 1 aromatic carbocycles. The molecule has 21 heavy (non-hydrogen) atoms. The van der Waals surface area contributed by atoms with Crippen LogP contribution in [0.2, 0.25) is 0 Å². The van der Waals surface area contributed by atoms with Crippen LogP contribution >= 0.6 is 0 Å². The van der Waals surface area contributed by atoms with Crippen molar-refractivity contribution in [1.29, 1.82) is 0 Å². The van der Waals surface area contributed by atoms with Crippen molar-refractivity contribution in [3.63, 3.8) is 0 Å². The molecule has 2 heterocycles. The fraction of sp³-hybridized carbons (Fsp3) is 0.188. The van der Waals surface area contributed by atoms with E-state index in [4.69, 9.17) is 13.9 Å². The quantitative estimate of drug-likeness (QED) is 0.730. The maximum atomic E-state index is 10.2. The fourth-order valence-electron chi connectivity index (χ4n) is 2.31. The highest BCUT2D eigenvalue weighted by Crippen LogP contribution is 2.38. The van der Waals surface area contributed by atoms with Crippen molar-refractivity contribution in [3.8, 4) is 11.5 Å². The number of nitrogens with zero attached hydrogens (tertiary/aromatic N) is 1. The van der Waals surface area contributed by atoms with E-state index >= 15 is 0 Å². The smallest absolute Gasteiger partial charge is 0.188 e. The van der Waals surface area contributed by atoms with Crippen LogP contribution in [0.1, 0.15) is 11.1 Å². The van der Waals surface area contributed by atoms with E-state index in [2.05, 4.69) is 4.98 Å². The number of hydrogen-bond donors (Lipinski definition) is 1. The largest absolute Gasteiger partial charge is 0.504 e. The number of rotatable bonds is 5. The molecule has 3 aromatic rings. The SMILES string of the molecule is COCOc1c(O)cc2occc2c1Cc1cccnc1. The summed E-state index contributed by atoms with van der Waals surface area (Å²) in [5.74, 6) is 0.447. The van der Waals surface area contributed by atoms with Gasteiger partial charge in [-0.05, 0) is 17.7 Å². The average Bonchev–Trinajstić information content (AvgIpc) is 2.96. The van der Waals surface area contributed by atoms with Crippen molar-refractivity contribution in [3.05, 3.63) is 54.0 Å². The normalized spacial score (nSPS) is 10.9. The molecule has 0 saturated carbocycles. The molecule has 0 unspecified atom stereocenters.